The summed E-state index contributed by atoms with van der Waals surface area (Å²) < 4.78 is 38.1. The molecular formula is C25H24N2O7S. The summed E-state index contributed by atoms with van der Waals surface area (Å²) in [7, 11) is -4.00. The van der Waals surface area contributed by atoms with Crippen molar-refractivity contribution in [2.45, 2.75) is 37.0 Å². The molecule has 4 rings (SSSR count). The molecule has 0 radical (unpaired) electrons. The van der Waals surface area contributed by atoms with Crippen LogP contribution in [0.5, 0.6) is 11.5 Å². The first kappa shape index (κ1) is 24.4. The van der Waals surface area contributed by atoms with Crippen LogP contribution in [0.1, 0.15) is 42.4 Å². The molecule has 10 heteroatoms. The van der Waals surface area contributed by atoms with E-state index in [2.05, 4.69) is 4.36 Å². The highest BCUT2D eigenvalue weighted by molar-refractivity contribution is 7.88. The minimum absolute atomic E-state index is 0.0371. The van der Waals surface area contributed by atoms with Gasteiger partial charge in [-0.15, -0.1) is 4.36 Å². The molecule has 0 aromatic heterocycles. The Balaban J connectivity index is 1.69. The van der Waals surface area contributed by atoms with E-state index in [9.17, 15) is 23.7 Å². The molecule has 0 spiro atoms. The van der Waals surface area contributed by atoms with E-state index >= 15 is 0 Å². The van der Waals surface area contributed by atoms with Crippen LogP contribution in [0.4, 0.5) is 5.69 Å². The van der Waals surface area contributed by atoms with Gasteiger partial charge in [0.1, 0.15) is 0 Å². The van der Waals surface area contributed by atoms with Gasteiger partial charge in [0.05, 0.1) is 15.7 Å². The van der Waals surface area contributed by atoms with Gasteiger partial charge in [0.15, 0.2) is 21.5 Å². The average Bonchev–Trinajstić information content (AvgIpc) is 3.30. The molecule has 1 heterocycles. The number of nitro benzene ring substituents is 1. The number of non-ortho nitro benzene ring substituents is 1. The summed E-state index contributed by atoms with van der Waals surface area (Å²) >= 11 is 0. The van der Waals surface area contributed by atoms with Gasteiger partial charge in [-0.1, -0.05) is 44.2 Å². The van der Waals surface area contributed by atoms with E-state index < -0.39 is 26.8 Å². The number of carbonyl (C=O) groups excluding carboxylic acids is 1. The predicted molar refractivity (Wildman–Crippen MR) is 129 cm³/mol. The molecule has 0 bridgehead atoms. The SMILES string of the molecule is CC(C)c1ccc(S(=O)(O)=NC(=O)C(Cc2ccc([N+](=O)[O-])cc2)c2ccc3c(c2)OCO3)cc1. The summed E-state index contributed by atoms with van der Waals surface area (Å²) in [5.41, 5.74) is 2.07. The van der Waals surface area contributed by atoms with E-state index in [-0.39, 0.29) is 29.7 Å². The number of amides is 1. The second kappa shape index (κ2) is 9.85. The lowest BCUT2D eigenvalue weighted by Crippen LogP contribution is -2.16. The zero-order valence-corrected chi connectivity index (χ0v) is 19.9. The second-order valence-electron chi connectivity index (χ2n) is 8.44. The van der Waals surface area contributed by atoms with Crippen molar-refractivity contribution in [2.75, 3.05) is 6.79 Å². The largest absolute Gasteiger partial charge is 0.454 e. The number of rotatable bonds is 7. The third-order valence-electron chi connectivity index (χ3n) is 5.75. The zero-order chi connectivity index (χ0) is 25.2. The van der Waals surface area contributed by atoms with Crippen molar-refractivity contribution in [1.29, 1.82) is 0 Å². The minimum atomic E-state index is -4.00. The molecule has 9 nitrogen and oxygen atoms in total. The highest BCUT2D eigenvalue weighted by Crippen LogP contribution is 2.36. The molecule has 1 N–H and O–H groups in total. The molecule has 0 saturated carbocycles. The van der Waals surface area contributed by atoms with Crippen molar-refractivity contribution in [3.63, 3.8) is 0 Å². The number of carbonyl (C=O) groups is 1. The van der Waals surface area contributed by atoms with Crippen molar-refractivity contribution in [3.05, 3.63) is 93.5 Å². The number of nitrogens with zero attached hydrogens (tertiary/aromatic N) is 2. The molecule has 1 aliphatic rings. The summed E-state index contributed by atoms with van der Waals surface area (Å²) in [4.78, 5) is 23.8. The molecule has 2 atom stereocenters. The van der Waals surface area contributed by atoms with E-state index in [4.69, 9.17) is 9.47 Å². The van der Waals surface area contributed by atoms with E-state index in [0.717, 1.165) is 5.56 Å². The quantitative estimate of drug-likeness (QED) is 0.347. The van der Waals surface area contributed by atoms with Gasteiger partial charge in [0, 0.05) is 12.1 Å². The van der Waals surface area contributed by atoms with Gasteiger partial charge in [0.2, 0.25) is 6.79 Å². The molecule has 0 saturated heterocycles. The van der Waals surface area contributed by atoms with Gasteiger partial charge in [-0.25, -0.2) is 4.21 Å². The van der Waals surface area contributed by atoms with E-state index in [1.165, 1.54) is 24.3 Å². The number of hydrogen-bond donors (Lipinski definition) is 1. The molecule has 3 aromatic rings. The Bertz CT molecular complexity index is 1380. The number of fused-ring (bicyclic) bond motifs is 1. The van der Waals surface area contributed by atoms with Crippen molar-refractivity contribution >= 4 is 21.6 Å². The van der Waals surface area contributed by atoms with Crippen LogP contribution in [0.15, 0.2) is 76.0 Å². The van der Waals surface area contributed by atoms with Crippen molar-refractivity contribution < 1.29 is 28.0 Å². The summed E-state index contributed by atoms with van der Waals surface area (Å²) in [6.07, 6.45) is 0.113. The topological polar surface area (TPSA) is 128 Å². The van der Waals surface area contributed by atoms with Gasteiger partial charge >= 0.3 is 0 Å². The summed E-state index contributed by atoms with van der Waals surface area (Å²) in [6.45, 7) is 4.07. The highest BCUT2D eigenvalue weighted by atomic mass is 32.2. The Kier molecular flexibility index (Phi) is 6.86. The lowest BCUT2D eigenvalue weighted by atomic mass is 9.91. The third-order valence-corrected chi connectivity index (χ3v) is 7.07. The Morgan fingerprint density at radius 2 is 1.66 bits per heavy atom. The Labute approximate surface area is 202 Å². The Hall–Kier alpha value is -3.76. The van der Waals surface area contributed by atoms with Gasteiger partial charge in [-0.05, 0) is 53.3 Å². The summed E-state index contributed by atoms with van der Waals surface area (Å²) in [5, 5.41) is 11.0. The maximum atomic E-state index is 13.3. The van der Waals surface area contributed by atoms with Gasteiger partial charge < -0.3 is 9.47 Å². The number of nitro groups is 1. The summed E-state index contributed by atoms with van der Waals surface area (Å²) in [5.74, 6) is -0.479. The number of ether oxygens (including phenoxy) is 2. The van der Waals surface area contributed by atoms with E-state index in [1.807, 2.05) is 13.8 Å². The van der Waals surface area contributed by atoms with Crippen LogP contribution in [0.25, 0.3) is 0 Å². The first-order valence-electron chi connectivity index (χ1n) is 10.9. The van der Waals surface area contributed by atoms with E-state index in [1.54, 1.807) is 42.5 Å². The van der Waals surface area contributed by atoms with Gasteiger partial charge in [-0.3, -0.25) is 19.5 Å². The highest BCUT2D eigenvalue weighted by Gasteiger charge is 2.26. The molecule has 1 aliphatic heterocycles. The lowest BCUT2D eigenvalue weighted by molar-refractivity contribution is -0.384. The first-order chi connectivity index (χ1) is 16.6. The standard InChI is InChI=1S/C25H24N2O7S/c1-16(2)18-5-10-21(11-6-18)35(31,32)26-25(28)22(13-17-3-8-20(9-4-17)27(29)30)19-7-12-23-24(14-19)34-15-33-23/h3-12,14,16,22H,13,15H2,1-2H3,(H,26,28,31,32). The Morgan fingerprint density at radius 3 is 2.29 bits per heavy atom. The Morgan fingerprint density at radius 1 is 1.03 bits per heavy atom. The minimum Gasteiger partial charge on any atom is -0.454 e. The van der Waals surface area contributed by atoms with Crippen LogP contribution in [0.3, 0.4) is 0 Å². The predicted octanol–water partition coefficient (Wildman–Crippen LogP) is 5.30. The van der Waals surface area contributed by atoms with Gasteiger partial charge in [0.25, 0.3) is 11.6 Å². The molecule has 3 aromatic carbocycles. The molecule has 182 valence electrons. The average molecular weight is 497 g/mol. The zero-order valence-electron chi connectivity index (χ0n) is 19.1. The first-order valence-corrected chi connectivity index (χ1v) is 12.4. The fraction of sp³-hybridized carbons (Fsp3) is 0.240. The smallest absolute Gasteiger partial charge is 0.269 e. The molecule has 1 amide bonds. The second-order valence-corrected chi connectivity index (χ2v) is 10.1. The van der Waals surface area contributed by atoms with Crippen LogP contribution < -0.4 is 9.47 Å². The molecular weight excluding hydrogens is 472 g/mol. The lowest BCUT2D eigenvalue weighted by Gasteiger charge is -2.15. The van der Waals surface area contributed by atoms with Crippen molar-refractivity contribution in [1.82, 2.24) is 0 Å². The molecule has 0 fully saturated rings. The number of benzene rings is 3. The van der Waals surface area contributed by atoms with Crippen molar-refractivity contribution in [3.8, 4) is 11.5 Å². The van der Waals surface area contributed by atoms with Crippen LogP contribution in [0.2, 0.25) is 0 Å². The third kappa shape index (κ3) is 5.50. The van der Waals surface area contributed by atoms with Crippen LogP contribution in [-0.2, 0) is 21.2 Å². The normalized spacial score (nSPS) is 14.9. The fourth-order valence-corrected chi connectivity index (χ4v) is 4.70. The number of hydrogen-bond acceptors (Lipinski definition) is 6. The van der Waals surface area contributed by atoms with Crippen LogP contribution >= 0.6 is 0 Å². The van der Waals surface area contributed by atoms with Crippen LogP contribution in [0, 0.1) is 10.1 Å². The monoisotopic (exact) mass is 496 g/mol. The van der Waals surface area contributed by atoms with Gasteiger partial charge in [-0.2, -0.15) is 0 Å². The van der Waals surface area contributed by atoms with E-state index in [0.29, 0.717) is 22.6 Å². The molecule has 2 unspecified atom stereocenters. The maximum absolute atomic E-state index is 13.3. The fourth-order valence-electron chi connectivity index (χ4n) is 3.74. The summed E-state index contributed by atoms with van der Waals surface area (Å²) in [6, 6.07) is 17.2. The van der Waals surface area contributed by atoms with Crippen LogP contribution in [-0.4, -0.2) is 26.4 Å². The maximum Gasteiger partial charge on any atom is 0.269 e. The molecule has 0 aliphatic carbocycles. The van der Waals surface area contributed by atoms with Crippen molar-refractivity contribution in [2.24, 2.45) is 4.36 Å². The molecule has 35 heavy (non-hydrogen) atoms.